The second-order valence-electron chi connectivity index (χ2n) is 10.2. The first kappa shape index (κ1) is 22.3. The number of imidazole rings is 1. The summed E-state index contributed by atoms with van der Waals surface area (Å²) in [6, 6.07) is 11.5. The number of rotatable bonds is 3. The highest BCUT2D eigenvalue weighted by Gasteiger charge is 2.34. The minimum absolute atomic E-state index is 0.186. The van der Waals surface area contributed by atoms with E-state index in [0.29, 0.717) is 6.04 Å². The standard InChI is InChI=1S/C29H33N5O/c1-17-9-18(2)12-21(11-17)22-14-30-15-23(29-32-25-13-19(3)10-20(4)27(25)33-29)28(22)34-7-5-24-26(16-34)35-8-6-31-24/h9-15,24,26,31H,5-8,16H2,1-4H3,(H,32,33). The van der Waals surface area contributed by atoms with Crippen molar-refractivity contribution in [2.75, 3.05) is 31.1 Å². The number of aromatic amines is 1. The average molecular weight is 468 g/mol. The minimum atomic E-state index is 0.186. The molecule has 0 radical (unpaired) electrons. The molecule has 2 saturated heterocycles. The first-order chi connectivity index (χ1) is 17.0. The minimum Gasteiger partial charge on any atom is -0.373 e. The third-order valence-corrected chi connectivity index (χ3v) is 7.34. The van der Waals surface area contributed by atoms with Crippen LogP contribution in [0.3, 0.4) is 0 Å². The van der Waals surface area contributed by atoms with Crippen molar-refractivity contribution in [2.24, 2.45) is 0 Å². The molecule has 2 aromatic carbocycles. The lowest BCUT2D eigenvalue weighted by atomic mass is 9.95. The quantitative estimate of drug-likeness (QED) is 0.439. The number of anilines is 1. The molecule has 2 aromatic heterocycles. The number of pyridine rings is 1. The summed E-state index contributed by atoms with van der Waals surface area (Å²) in [5.74, 6) is 0.868. The SMILES string of the molecule is Cc1cc(C)cc(-c2cncc(-c3nc4c(C)cc(C)cc4[nH]3)c2N2CCC3NCCOC3C2)c1. The lowest BCUT2D eigenvalue weighted by Gasteiger charge is -2.43. The summed E-state index contributed by atoms with van der Waals surface area (Å²) in [4.78, 5) is 15.9. The lowest BCUT2D eigenvalue weighted by molar-refractivity contribution is -0.00899. The van der Waals surface area contributed by atoms with Crippen LogP contribution in [-0.4, -0.2) is 53.3 Å². The van der Waals surface area contributed by atoms with Crippen LogP contribution in [-0.2, 0) is 4.74 Å². The Bertz CT molecular complexity index is 1390. The molecule has 0 amide bonds. The van der Waals surface area contributed by atoms with E-state index in [1.165, 1.54) is 33.5 Å². The molecule has 2 fully saturated rings. The van der Waals surface area contributed by atoms with Crippen LogP contribution >= 0.6 is 0 Å². The zero-order chi connectivity index (χ0) is 24.1. The van der Waals surface area contributed by atoms with Gasteiger partial charge in [0.1, 0.15) is 5.82 Å². The van der Waals surface area contributed by atoms with E-state index in [9.17, 15) is 0 Å². The van der Waals surface area contributed by atoms with Crippen molar-refractivity contribution in [2.45, 2.75) is 46.3 Å². The molecule has 0 bridgehead atoms. The topological polar surface area (TPSA) is 66.1 Å². The first-order valence-electron chi connectivity index (χ1n) is 12.6. The molecule has 2 N–H and O–H groups in total. The van der Waals surface area contributed by atoms with E-state index in [1.54, 1.807) is 0 Å². The Morgan fingerprint density at radius 1 is 0.943 bits per heavy atom. The van der Waals surface area contributed by atoms with Gasteiger partial charge in [0.2, 0.25) is 0 Å². The van der Waals surface area contributed by atoms with Crippen LogP contribution in [0, 0.1) is 27.7 Å². The summed E-state index contributed by atoms with van der Waals surface area (Å²) >= 11 is 0. The number of benzene rings is 2. The summed E-state index contributed by atoms with van der Waals surface area (Å²) in [6.45, 7) is 12.1. The zero-order valence-electron chi connectivity index (χ0n) is 21.0. The highest BCUT2D eigenvalue weighted by molar-refractivity contribution is 5.92. The van der Waals surface area contributed by atoms with Gasteiger partial charge < -0.3 is 19.9 Å². The van der Waals surface area contributed by atoms with Gasteiger partial charge in [-0.1, -0.05) is 35.4 Å². The molecule has 6 rings (SSSR count). The number of ether oxygens (including phenoxy) is 1. The van der Waals surface area contributed by atoms with Crippen LogP contribution in [0.1, 0.15) is 28.7 Å². The van der Waals surface area contributed by atoms with Crippen molar-refractivity contribution >= 4 is 16.7 Å². The zero-order valence-corrected chi connectivity index (χ0v) is 21.0. The molecule has 2 atom stereocenters. The third kappa shape index (κ3) is 4.11. The monoisotopic (exact) mass is 467 g/mol. The Hall–Kier alpha value is -3.22. The maximum Gasteiger partial charge on any atom is 0.142 e. The van der Waals surface area contributed by atoms with Gasteiger partial charge in [-0.15, -0.1) is 0 Å². The van der Waals surface area contributed by atoms with Crippen LogP contribution in [0.25, 0.3) is 33.5 Å². The molecule has 0 aliphatic carbocycles. The number of nitrogens with zero attached hydrogens (tertiary/aromatic N) is 3. The van der Waals surface area contributed by atoms with E-state index >= 15 is 0 Å². The normalized spacial score (nSPS) is 20.3. The summed E-state index contributed by atoms with van der Waals surface area (Å²) in [5.41, 5.74) is 11.6. The first-order valence-corrected chi connectivity index (χ1v) is 12.6. The van der Waals surface area contributed by atoms with Crippen LogP contribution < -0.4 is 10.2 Å². The molecule has 4 aromatic rings. The summed E-state index contributed by atoms with van der Waals surface area (Å²) in [6.07, 6.45) is 5.22. The highest BCUT2D eigenvalue weighted by Crippen LogP contribution is 2.40. The van der Waals surface area contributed by atoms with Gasteiger partial charge in [0.15, 0.2) is 0 Å². The molecule has 35 heavy (non-hydrogen) atoms. The van der Waals surface area contributed by atoms with Gasteiger partial charge in [-0.2, -0.15) is 0 Å². The van der Waals surface area contributed by atoms with Crippen molar-refractivity contribution in [3.05, 3.63) is 65.0 Å². The van der Waals surface area contributed by atoms with Crippen LogP contribution in [0.5, 0.6) is 0 Å². The molecule has 0 spiro atoms. The number of piperidine rings is 1. The lowest BCUT2D eigenvalue weighted by Crippen LogP contribution is -2.57. The Morgan fingerprint density at radius 3 is 2.54 bits per heavy atom. The van der Waals surface area contributed by atoms with E-state index < -0.39 is 0 Å². The maximum absolute atomic E-state index is 6.20. The predicted molar refractivity (Wildman–Crippen MR) is 142 cm³/mol. The number of nitrogens with one attached hydrogen (secondary N) is 2. The molecule has 0 saturated carbocycles. The van der Waals surface area contributed by atoms with Crippen molar-refractivity contribution in [1.82, 2.24) is 20.3 Å². The predicted octanol–water partition coefficient (Wildman–Crippen LogP) is 5.09. The molecule has 4 heterocycles. The van der Waals surface area contributed by atoms with E-state index in [2.05, 4.69) is 73.2 Å². The van der Waals surface area contributed by atoms with Gasteiger partial charge in [0, 0.05) is 43.6 Å². The van der Waals surface area contributed by atoms with E-state index in [1.807, 2.05) is 12.4 Å². The molecule has 2 unspecified atom stereocenters. The maximum atomic E-state index is 6.20. The van der Waals surface area contributed by atoms with Gasteiger partial charge >= 0.3 is 0 Å². The largest absolute Gasteiger partial charge is 0.373 e. The smallest absolute Gasteiger partial charge is 0.142 e. The molecule has 2 aliphatic heterocycles. The highest BCUT2D eigenvalue weighted by atomic mass is 16.5. The Labute approximate surface area is 206 Å². The number of aromatic nitrogens is 3. The second-order valence-corrected chi connectivity index (χ2v) is 10.2. The second kappa shape index (κ2) is 8.77. The fourth-order valence-electron chi connectivity index (χ4n) is 5.88. The summed E-state index contributed by atoms with van der Waals surface area (Å²) in [7, 11) is 0. The third-order valence-electron chi connectivity index (χ3n) is 7.34. The van der Waals surface area contributed by atoms with Gasteiger partial charge in [-0.05, 0) is 56.9 Å². The Kier molecular flexibility index (Phi) is 5.58. The number of hydrogen-bond acceptors (Lipinski definition) is 5. The number of hydrogen-bond donors (Lipinski definition) is 2. The summed E-state index contributed by atoms with van der Waals surface area (Å²) < 4.78 is 6.20. The molecule has 6 heteroatoms. The molecular formula is C29H33N5O. The van der Waals surface area contributed by atoms with Crippen LogP contribution in [0.4, 0.5) is 5.69 Å². The summed E-state index contributed by atoms with van der Waals surface area (Å²) in [5, 5.41) is 3.65. The molecular weight excluding hydrogens is 434 g/mol. The van der Waals surface area contributed by atoms with Crippen LogP contribution in [0.2, 0.25) is 0 Å². The fraction of sp³-hybridized carbons (Fsp3) is 0.379. The van der Waals surface area contributed by atoms with Crippen molar-refractivity contribution < 1.29 is 4.74 Å². The van der Waals surface area contributed by atoms with Crippen molar-refractivity contribution in [3.63, 3.8) is 0 Å². The number of aryl methyl sites for hydroxylation is 4. The van der Waals surface area contributed by atoms with Crippen LogP contribution in [0.15, 0.2) is 42.7 Å². The Balaban J connectivity index is 1.53. The van der Waals surface area contributed by atoms with E-state index in [0.717, 1.165) is 60.6 Å². The molecule has 6 nitrogen and oxygen atoms in total. The van der Waals surface area contributed by atoms with Gasteiger partial charge in [-0.25, -0.2) is 4.98 Å². The number of fused-ring (bicyclic) bond motifs is 2. The van der Waals surface area contributed by atoms with Crippen molar-refractivity contribution in [1.29, 1.82) is 0 Å². The fourth-order valence-corrected chi connectivity index (χ4v) is 5.88. The molecule has 2 aliphatic rings. The van der Waals surface area contributed by atoms with E-state index in [4.69, 9.17) is 14.7 Å². The molecule has 180 valence electrons. The van der Waals surface area contributed by atoms with E-state index in [-0.39, 0.29) is 6.10 Å². The van der Waals surface area contributed by atoms with Gasteiger partial charge in [0.05, 0.1) is 35.0 Å². The number of H-pyrrole nitrogens is 1. The average Bonchev–Trinajstić information content (AvgIpc) is 3.27. The number of morpholine rings is 1. The Morgan fingerprint density at radius 2 is 1.71 bits per heavy atom. The van der Waals surface area contributed by atoms with Gasteiger partial charge in [-0.3, -0.25) is 4.98 Å². The van der Waals surface area contributed by atoms with Gasteiger partial charge in [0.25, 0.3) is 0 Å². The van der Waals surface area contributed by atoms with Crippen molar-refractivity contribution in [3.8, 4) is 22.5 Å².